The van der Waals surface area contributed by atoms with Crippen molar-refractivity contribution in [2.75, 3.05) is 13.1 Å². The maximum absolute atomic E-state index is 12.7. The van der Waals surface area contributed by atoms with Gasteiger partial charge in [0, 0.05) is 44.0 Å². The van der Waals surface area contributed by atoms with Gasteiger partial charge in [-0.05, 0) is 30.9 Å². The number of furan rings is 1. The summed E-state index contributed by atoms with van der Waals surface area (Å²) in [5.41, 5.74) is 0.330. The summed E-state index contributed by atoms with van der Waals surface area (Å²) in [5.74, 6) is 3.05. The topological polar surface area (TPSA) is 77.3 Å². The molecule has 0 radical (unpaired) electrons. The number of carbonyl (C=O) groups is 1. The Labute approximate surface area is 158 Å². The number of hydrogen-bond acceptors (Lipinski definition) is 5. The van der Waals surface area contributed by atoms with Gasteiger partial charge in [-0.2, -0.15) is 0 Å². The van der Waals surface area contributed by atoms with E-state index in [1.807, 2.05) is 11.1 Å². The second-order valence-corrected chi connectivity index (χ2v) is 7.38. The predicted molar refractivity (Wildman–Crippen MR) is 99.1 cm³/mol. The summed E-state index contributed by atoms with van der Waals surface area (Å²) in [6.45, 7) is 6.75. The number of aromatic nitrogens is 3. The van der Waals surface area contributed by atoms with Crippen LogP contribution in [0.3, 0.4) is 0 Å². The van der Waals surface area contributed by atoms with E-state index in [1.165, 1.54) is 0 Å². The summed E-state index contributed by atoms with van der Waals surface area (Å²) in [5, 5.41) is 3.92. The Kier molecular flexibility index (Phi) is 4.83. The standard InChI is InChI=1S/C20H24N4O3/c1-14(2)19-21-7-10-24(19)13-15-5-8-23(9-6-15)20(25)16-12-18(27-22-16)17-4-3-11-26-17/h3-4,7,10-12,14-15H,5-6,8-9,13H2,1-2H3. The second-order valence-electron chi connectivity index (χ2n) is 7.38. The second kappa shape index (κ2) is 7.42. The zero-order valence-corrected chi connectivity index (χ0v) is 15.7. The predicted octanol–water partition coefficient (Wildman–Crippen LogP) is 3.81. The van der Waals surface area contributed by atoms with Crippen LogP contribution >= 0.6 is 0 Å². The van der Waals surface area contributed by atoms with Gasteiger partial charge in [0.15, 0.2) is 11.5 Å². The van der Waals surface area contributed by atoms with Gasteiger partial charge in [-0.1, -0.05) is 19.0 Å². The van der Waals surface area contributed by atoms with Crippen molar-refractivity contribution in [3.63, 3.8) is 0 Å². The number of imidazole rings is 1. The molecule has 1 saturated heterocycles. The third kappa shape index (κ3) is 3.67. The molecule has 4 heterocycles. The minimum Gasteiger partial charge on any atom is -0.461 e. The SMILES string of the molecule is CC(C)c1nccn1CC1CCN(C(=O)c2cc(-c3ccco3)on2)CC1. The van der Waals surface area contributed by atoms with Crippen LogP contribution in [0.4, 0.5) is 0 Å². The van der Waals surface area contributed by atoms with Gasteiger partial charge in [-0.15, -0.1) is 0 Å². The van der Waals surface area contributed by atoms with E-state index in [-0.39, 0.29) is 5.91 Å². The zero-order valence-electron chi connectivity index (χ0n) is 15.7. The maximum atomic E-state index is 12.7. The van der Waals surface area contributed by atoms with Gasteiger partial charge in [0.2, 0.25) is 5.76 Å². The fraction of sp³-hybridized carbons (Fsp3) is 0.450. The average Bonchev–Trinajstić information content (AvgIpc) is 3.42. The molecular formula is C20H24N4O3. The monoisotopic (exact) mass is 368 g/mol. The molecule has 1 aliphatic heterocycles. The molecule has 0 bridgehead atoms. The quantitative estimate of drug-likeness (QED) is 0.684. The number of amides is 1. The van der Waals surface area contributed by atoms with Crippen LogP contribution in [0.1, 0.15) is 48.9 Å². The Morgan fingerprint density at radius 3 is 2.81 bits per heavy atom. The van der Waals surface area contributed by atoms with Gasteiger partial charge in [0.1, 0.15) is 5.82 Å². The van der Waals surface area contributed by atoms with E-state index in [2.05, 4.69) is 34.8 Å². The third-order valence-electron chi connectivity index (χ3n) is 5.11. The minimum absolute atomic E-state index is 0.0829. The van der Waals surface area contributed by atoms with Crippen LogP contribution in [0.25, 0.3) is 11.5 Å². The summed E-state index contributed by atoms with van der Waals surface area (Å²) in [6, 6.07) is 5.20. The molecule has 0 spiro atoms. The van der Waals surface area contributed by atoms with Crippen molar-refractivity contribution in [2.24, 2.45) is 5.92 Å². The van der Waals surface area contributed by atoms with Crippen molar-refractivity contribution in [3.8, 4) is 11.5 Å². The van der Waals surface area contributed by atoms with Crippen LogP contribution < -0.4 is 0 Å². The summed E-state index contributed by atoms with van der Waals surface area (Å²) in [4.78, 5) is 19.0. The molecule has 1 fully saturated rings. The first-order chi connectivity index (χ1) is 13.1. The van der Waals surface area contributed by atoms with Gasteiger partial charge in [0.05, 0.1) is 6.26 Å². The molecule has 0 aliphatic carbocycles. The molecule has 142 valence electrons. The Bertz CT molecular complexity index is 886. The molecule has 7 heteroatoms. The highest BCUT2D eigenvalue weighted by atomic mass is 16.5. The molecule has 27 heavy (non-hydrogen) atoms. The van der Waals surface area contributed by atoms with Crippen LogP contribution in [-0.4, -0.2) is 38.6 Å². The molecule has 0 unspecified atom stereocenters. The number of piperidine rings is 1. The van der Waals surface area contributed by atoms with E-state index >= 15 is 0 Å². The Morgan fingerprint density at radius 2 is 2.11 bits per heavy atom. The number of hydrogen-bond donors (Lipinski definition) is 0. The molecule has 0 N–H and O–H groups in total. The molecule has 0 aromatic carbocycles. The molecule has 1 amide bonds. The van der Waals surface area contributed by atoms with E-state index in [1.54, 1.807) is 24.5 Å². The fourth-order valence-corrected chi connectivity index (χ4v) is 3.65. The summed E-state index contributed by atoms with van der Waals surface area (Å²) in [7, 11) is 0. The van der Waals surface area contributed by atoms with E-state index in [9.17, 15) is 4.79 Å². The summed E-state index contributed by atoms with van der Waals surface area (Å²) in [6.07, 6.45) is 7.44. The van der Waals surface area contributed by atoms with Crippen LogP contribution in [0.15, 0.2) is 45.8 Å². The fourth-order valence-electron chi connectivity index (χ4n) is 3.65. The number of carbonyl (C=O) groups excluding carboxylic acids is 1. The third-order valence-corrected chi connectivity index (χ3v) is 5.11. The minimum atomic E-state index is -0.0829. The summed E-state index contributed by atoms with van der Waals surface area (Å²) < 4.78 is 12.8. The molecule has 3 aromatic heterocycles. The van der Waals surface area contributed by atoms with Crippen molar-refractivity contribution in [2.45, 2.75) is 39.2 Å². The molecule has 3 aromatic rings. The smallest absolute Gasteiger partial charge is 0.276 e. The van der Waals surface area contributed by atoms with Gasteiger partial charge in [-0.3, -0.25) is 4.79 Å². The first-order valence-corrected chi connectivity index (χ1v) is 9.42. The first kappa shape index (κ1) is 17.6. The largest absolute Gasteiger partial charge is 0.461 e. The molecule has 4 rings (SSSR count). The molecule has 0 saturated carbocycles. The van der Waals surface area contributed by atoms with E-state index in [4.69, 9.17) is 8.94 Å². The highest BCUT2D eigenvalue weighted by Gasteiger charge is 2.26. The van der Waals surface area contributed by atoms with Crippen molar-refractivity contribution in [1.29, 1.82) is 0 Å². The normalized spacial score (nSPS) is 15.6. The highest BCUT2D eigenvalue weighted by Crippen LogP contribution is 2.25. The van der Waals surface area contributed by atoms with Gasteiger partial charge in [-0.25, -0.2) is 4.98 Å². The van der Waals surface area contributed by atoms with Crippen LogP contribution in [0, 0.1) is 5.92 Å². The van der Waals surface area contributed by atoms with E-state index in [0.717, 1.165) is 38.3 Å². The van der Waals surface area contributed by atoms with E-state index < -0.39 is 0 Å². The van der Waals surface area contributed by atoms with Crippen molar-refractivity contribution >= 4 is 5.91 Å². The van der Waals surface area contributed by atoms with E-state index in [0.29, 0.717) is 29.1 Å². The van der Waals surface area contributed by atoms with Crippen LogP contribution in [0.5, 0.6) is 0 Å². The lowest BCUT2D eigenvalue weighted by Gasteiger charge is -2.32. The maximum Gasteiger partial charge on any atom is 0.276 e. The Morgan fingerprint density at radius 1 is 1.30 bits per heavy atom. The molecule has 7 nitrogen and oxygen atoms in total. The first-order valence-electron chi connectivity index (χ1n) is 9.42. The van der Waals surface area contributed by atoms with Gasteiger partial charge >= 0.3 is 0 Å². The lowest BCUT2D eigenvalue weighted by molar-refractivity contribution is 0.0672. The van der Waals surface area contributed by atoms with Crippen LogP contribution in [-0.2, 0) is 6.54 Å². The Hall–Kier alpha value is -2.83. The highest BCUT2D eigenvalue weighted by molar-refractivity contribution is 5.93. The van der Waals surface area contributed by atoms with Crippen molar-refractivity contribution in [1.82, 2.24) is 19.6 Å². The average molecular weight is 368 g/mol. The lowest BCUT2D eigenvalue weighted by atomic mass is 9.96. The number of nitrogens with zero attached hydrogens (tertiary/aromatic N) is 4. The zero-order chi connectivity index (χ0) is 18.8. The molecule has 0 atom stereocenters. The number of likely N-dealkylation sites (tertiary alicyclic amines) is 1. The Balaban J connectivity index is 1.35. The number of rotatable bonds is 5. The van der Waals surface area contributed by atoms with Gasteiger partial charge in [0.25, 0.3) is 5.91 Å². The van der Waals surface area contributed by atoms with Crippen LogP contribution in [0.2, 0.25) is 0 Å². The molecule has 1 aliphatic rings. The van der Waals surface area contributed by atoms with Crippen molar-refractivity contribution < 1.29 is 13.7 Å². The molecular weight excluding hydrogens is 344 g/mol. The lowest BCUT2D eigenvalue weighted by Crippen LogP contribution is -2.39. The van der Waals surface area contributed by atoms with Crippen molar-refractivity contribution in [3.05, 3.63) is 48.4 Å². The summed E-state index contributed by atoms with van der Waals surface area (Å²) >= 11 is 0. The van der Waals surface area contributed by atoms with Gasteiger partial charge < -0.3 is 18.4 Å².